The number of benzene rings is 4. The van der Waals surface area contributed by atoms with E-state index in [1.165, 1.54) is 0 Å². The Morgan fingerprint density at radius 1 is 0.417 bits per heavy atom. The van der Waals surface area contributed by atoms with Crippen LogP contribution in [0.2, 0.25) is 0 Å². The molecule has 4 aromatic carbocycles. The van der Waals surface area contributed by atoms with Crippen LogP contribution in [0.15, 0.2) is 156 Å². The Hall–Kier alpha value is -9.27. The van der Waals surface area contributed by atoms with Crippen molar-refractivity contribution in [1.29, 1.82) is 0 Å². The van der Waals surface area contributed by atoms with Crippen LogP contribution in [0, 0.1) is 13.8 Å². The molecule has 558 valence electrons. The van der Waals surface area contributed by atoms with E-state index in [2.05, 4.69) is 86.7 Å². The first-order valence-corrected chi connectivity index (χ1v) is 35.1. The molecule has 0 bridgehead atoms. The van der Waals surface area contributed by atoms with Gasteiger partial charge in [0, 0.05) is 54.1 Å². The molecule has 16 rings (SSSR count). The molecule has 0 saturated heterocycles. The van der Waals surface area contributed by atoms with Gasteiger partial charge in [0.2, 0.25) is 0 Å². The molecule has 12 heterocycles. The highest BCUT2D eigenvalue weighted by atomic mass is 127. The van der Waals surface area contributed by atoms with Gasteiger partial charge in [-0.05, 0) is 86.7 Å². The van der Waals surface area contributed by atoms with Crippen molar-refractivity contribution in [2.75, 3.05) is 20.4 Å². The summed E-state index contributed by atoms with van der Waals surface area (Å²) in [4.78, 5) is 97.3. The van der Waals surface area contributed by atoms with Crippen LogP contribution in [0.3, 0.4) is 0 Å². The maximum absolute atomic E-state index is 12.5. The number of aromatic nitrogens is 12. The summed E-state index contributed by atoms with van der Waals surface area (Å²) >= 11 is 6.55. The molecule has 103 heavy (non-hydrogen) atoms. The summed E-state index contributed by atoms with van der Waals surface area (Å²) in [7, 11) is 1.89. The van der Waals surface area contributed by atoms with Crippen molar-refractivity contribution < 1.29 is 23.9 Å². The van der Waals surface area contributed by atoms with Crippen LogP contribution in [0.25, 0.3) is 44.7 Å². The van der Waals surface area contributed by atoms with Crippen LogP contribution < -0.4 is 20.4 Å². The summed E-state index contributed by atoms with van der Waals surface area (Å²) in [5.74, 6) is -0.159. The molecule has 0 atom stereocenters. The number of nitrogens with zero attached hydrogens (tertiary/aromatic N) is 12. The van der Waals surface area contributed by atoms with Crippen LogP contribution in [0.1, 0.15) is 216 Å². The highest BCUT2D eigenvalue weighted by Gasteiger charge is 2.33. The Bertz CT molecular complexity index is 4190. The Kier molecular flexibility index (Phi) is 45.2. The predicted molar refractivity (Wildman–Crippen MR) is 449 cm³/mol. The van der Waals surface area contributed by atoms with Crippen LogP contribution in [0.5, 0.6) is 0 Å². The molecule has 0 radical (unpaired) electrons. The average Bonchev–Trinajstić information content (AvgIpc) is 1.62. The monoisotopic (exact) mass is 1650 g/mol. The lowest BCUT2D eigenvalue weighted by Crippen LogP contribution is -2.22. The third-order valence-electron chi connectivity index (χ3n) is 13.9. The Morgan fingerprint density at radius 3 is 1.07 bits per heavy atom. The molecule has 21 nitrogen and oxygen atoms in total. The second-order valence-electron chi connectivity index (χ2n) is 19.3. The number of aryl methyl sites for hydroxylation is 3. The highest BCUT2D eigenvalue weighted by molar-refractivity contribution is 14.0. The van der Waals surface area contributed by atoms with Crippen LogP contribution in [-0.4, -0.2) is 83.1 Å². The summed E-state index contributed by atoms with van der Waals surface area (Å²) in [5.41, 5.74) is 23.3. The fraction of sp³-hybridized carbons (Fsp3) is 0.342. The molecule has 0 saturated carbocycles. The Morgan fingerprint density at radius 2 is 0.718 bits per heavy atom. The number of cyclic esters (lactones) is 1. The van der Waals surface area contributed by atoms with Gasteiger partial charge in [-0.1, -0.05) is 213 Å². The molecule has 0 aliphatic carbocycles. The van der Waals surface area contributed by atoms with E-state index in [1.54, 1.807) is 70.3 Å². The van der Waals surface area contributed by atoms with Crippen molar-refractivity contribution in [3.8, 4) is 0 Å². The molecule has 4 aliphatic heterocycles. The fourth-order valence-electron chi connectivity index (χ4n) is 9.96. The third kappa shape index (κ3) is 22.9. The molecule has 8 aromatic heterocycles. The van der Waals surface area contributed by atoms with E-state index in [-0.39, 0.29) is 77.4 Å². The molecule has 24 heteroatoms. The van der Waals surface area contributed by atoms with E-state index in [0.717, 1.165) is 89.6 Å². The number of amides is 3. The quantitative estimate of drug-likeness (QED) is 0.0947. The van der Waals surface area contributed by atoms with E-state index < -0.39 is 0 Å². The molecular weight excluding hydrogens is 1540 g/mol. The lowest BCUT2D eigenvalue weighted by atomic mass is 10.1. The molecule has 4 aliphatic rings. The minimum absolute atomic E-state index is 0. The van der Waals surface area contributed by atoms with Gasteiger partial charge in [0.15, 0.2) is 22.6 Å². The first-order valence-electron chi connectivity index (χ1n) is 33.6. The zero-order valence-electron chi connectivity index (χ0n) is 60.3. The fourth-order valence-corrected chi connectivity index (χ4v) is 10.5. The minimum atomic E-state index is -0.199. The second-order valence-corrected chi connectivity index (χ2v) is 20.9. The number of aromatic amines is 3. The average molecular weight is 1650 g/mol. The summed E-state index contributed by atoms with van der Waals surface area (Å²) in [6, 6.07) is 30.5. The van der Waals surface area contributed by atoms with E-state index in [9.17, 15) is 19.2 Å². The number of hydrogen-bond donors (Lipinski definition) is 4. The molecule has 0 unspecified atom stereocenters. The van der Waals surface area contributed by atoms with E-state index in [1.807, 2.05) is 227 Å². The van der Waals surface area contributed by atoms with Crippen molar-refractivity contribution in [2.24, 2.45) is 7.05 Å². The molecule has 12 aromatic rings. The lowest BCUT2D eigenvalue weighted by Gasteiger charge is -2.13. The summed E-state index contributed by atoms with van der Waals surface area (Å²) in [5, 5.41) is 0. The molecule has 0 spiro atoms. The van der Waals surface area contributed by atoms with Gasteiger partial charge < -0.3 is 44.7 Å². The van der Waals surface area contributed by atoms with Crippen molar-refractivity contribution in [3.63, 3.8) is 0 Å². The van der Waals surface area contributed by atoms with E-state index in [0.29, 0.717) is 69.2 Å². The summed E-state index contributed by atoms with van der Waals surface area (Å²) < 4.78 is 7.99. The van der Waals surface area contributed by atoms with Crippen molar-refractivity contribution in [2.45, 2.75) is 181 Å². The number of carbonyl (C=O) groups excluding carboxylic acids is 4. The number of H-pyrrole nitrogens is 3. The van der Waals surface area contributed by atoms with Crippen LogP contribution >= 0.6 is 55.8 Å². The Labute approximate surface area is 645 Å². The van der Waals surface area contributed by atoms with Gasteiger partial charge in [-0.2, -0.15) is 0 Å². The van der Waals surface area contributed by atoms with Crippen molar-refractivity contribution in [3.05, 3.63) is 212 Å². The smallest absolute Gasteiger partial charge is 0.338 e. The normalized spacial score (nSPS) is 11.3. The molecule has 5 N–H and O–H groups in total. The number of nitrogens with one attached hydrogen (secondary N) is 3. The Balaban J connectivity index is 0. The molecular formula is C79H111Br2IN16O5. The number of anilines is 4. The summed E-state index contributed by atoms with van der Waals surface area (Å²) in [6.45, 7) is 38.0. The zero-order chi connectivity index (χ0) is 72.8. The van der Waals surface area contributed by atoms with Gasteiger partial charge in [-0.25, -0.2) is 44.7 Å². The number of nitrogens with two attached hydrogens (primary N) is 1. The standard InChI is InChI=1S/2C15H12N4O.C14H9BrN4O.C8H6O2.C7H7BrN4.8C2H6.4CH4.HI/c2*1-9-6-16-14-13(18-9)12(7-17-14)19-8-10-4-2-3-5-11(10)15(19)20;15-11-6-17-13-12(18-11)10(5-16-13)19-7-8-3-1-2-4-9(8)14(19)20;9-8-7-4-2-1-3-6(7)5-10-8;1-12-3-4(9)6-7(12)10-2-5(8)11-6;8*1-2;;;;;/h2*2-7H,8H2,1H3,(H,16,17);1-6H,7H2,(H,16,17);1-4H,5H2;2-3H,9H2,1H3;8*1-2H3;4*1H4;1H. The topological polar surface area (TPSA) is 269 Å². The van der Waals surface area contributed by atoms with Gasteiger partial charge in [0.1, 0.15) is 37.9 Å². The number of hydrogen-bond acceptors (Lipinski definition) is 14. The number of esters is 1. The highest BCUT2D eigenvalue weighted by Crippen LogP contribution is 2.35. The summed E-state index contributed by atoms with van der Waals surface area (Å²) in [6.07, 6.45) is 13.9. The van der Waals surface area contributed by atoms with Gasteiger partial charge >= 0.3 is 5.97 Å². The zero-order valence-corrected chi connectivity index (χ0v) is 65.8. The minimum Gasteiger partial charge on any atom is -0.457 e. The van der Waals surface area contributed by atoms with Gasteiger partial charge in [-0.15, -0.1) is 24.0 Å². The number of halogens is 3. The van der Waals surface area contributed by atoms with Crippen LogP contribution in [0.4, 0.5) is 22.7 Å². The number of carbonyl (C=O) groups is 4. The molecule has 0 fully saturated rings. The lowest BCUT2D eigenvalue weighted by molar-refractivity contribution is 0.0534. The molecule has 3 amide bonds. The third-order valence-corrected chi connectivity index (χ3v) is 14.7. The van der Waals surface area contributed by atoms with Gasteiger partial charge in [0.05, 0.1) is 84.1 Å². The van der Waals surface area contributed by atoms with Crippen molar-refractivity contribution in [1.82, 2.24) is 59.4 Å². The number of nitrogen functional groups attached to an aromatic ring is 1. The van der Waals surface area contributed by atoms with Gasteiger partial charge in [-0.3, -0.25) is 14.4 Å². The van der Waals surface area contributed by atoms with Gasteiger partial charge in [0.25, 0.3) is 17.7 Å². The van der Waals surface area contributed by atoms with Crippen LogP contribution in [-0.2, 0) is 38.0 Å². The second kappa shape index (κ2) is 48.6. The number of ether oxygens (including phenoxy) is 1. The number of fused-ring (bicyclic) bond motifs is 8. The van der Waals surface area contributed by atoms with E-state index in [4.69, 9.17) is 10.5 Å². The van der Waals surface area contributed by atoms with Crippen molar-refractivity contribution >= 4 is 147 Å². The maximum Gasteiger partial charge on any atom is 0.338 e. The number of rotatable bonds is 3. The predicted octanol–water partition coefficient (Wildman–Crippen LogP) is 21.8. The largest absolute Gasteiger partial charge is 0.457 e. The maximum atomic E-state index is 12.5. The first kappa shape index (κ1) is 95.8. The van der Waals surface area contributed by atoms with E-state index >= 15 is 0 Å². The first-order chi connectivity index (χ1) is 47.8. The SMILES string of the molecule is C.C.C.C.CC.CC.CC.CC.CC.CC.CC.CC.Cc1cnc2[nH]cc(N3Cc4ccccc4C3=O)c2n1.Cc1cnc2[nH]cc(N3Cc4ccccc4C3=O)c2n1.Cn1cc(N)c2nc(Br)cnc21.I.O=C1OCc2ccccc21.O=C1c2ccccc2CN1c1c[nH]c2ncc(Br)nc12.